The number of anilines is 2. The number of imidazole rings is 2. The average Bonchev–Trinajstić information content (AvgIpc) is 4.19. The van der Waals surface area contributed by atoms with Gasteiger partial charge in [-0.2, -0.15) is 10.2 Å². The summed E-state index contributed by atoms with van der Waals surface area (Å²) < 4.78 is 18.7. The lowest BCUT2D eigenvalue weighted by atomic mass is 9.96. The molecule has 2 aliphatic rings. The summed E-state index contributed by atoms with van der Waals surface area (Å²) in [5.74, 6) is -4.02. The van der Waals surface area contributed by atoms with E-state index in [1.54, 1.807) is 61.5 Å². The van der Waals surface area contributed by atoms with E-state index in [-0.39, 0.29) is 102 Å². The Morgan fingerprint density at radius 3 is 1.82 bits per heavy atom. The number of amides is 7. The number of fused-ring (bicyclic) bond motifs is 2. The molecule has 7 amide bonds. The Morgan fingerprint density at radius 2 is 1.32 bits per heavy atom. The van der Waals surface area contributed by atoms with Gasteiger partial charge in [-0.1, -0.05) is 12.2 Å². The van der Waals surface area contributed by atoms with Crippen LogP contribution in [0.5, 0.6) is 11.5 Å². The number of likely N-dealkylation sites (tertiary alicyclic amines) is 2. The SMILES string of the molecule is CCn1nc(C)cc1C(=O)Nc1nc2cc(C(N)=O)cc(OC)c2n1C/C=C/Cn1c(NC(=O)c2cc(C)nn2CC)nc2cc(C(N)=O)cc(OCCC3CN(C(=O)CCN4C(=O)CC(SC[C@H](N)C(=O)O)C4=O)C3)c21. The van der Waals surface area contributed by atoms with E-state index in [2.05, 4.69) is 25.8 Å². The van der Waals surface area contributed by atoms with Crippen molar-refractivity contribution in [2.24, 2.45) is 23.1 Å². The molecule has 2 aliphatic heterocycles. The summed E-state index contributed by atoms with van der Waals surface area (Å²) in [4.78, 5) is 115. The van der Waals surface area contributed by atoms with Crippen molar-refractivity contribution in [3.8, 4) is 11.5 Å². The van der Waals surface area contributed by atoms with Crippen LogP contribution in [-0.2, 0) is 45.4 Å². The number of imide groups is 1. The van der Waals surface area contributed by atoms with Gasteiger partial charge in [0.15, 0.2) is 0 Å². The quantitative estimate of drug-likeness (QED) is 0.0374. The number of nitrogens with one attached hydrogen (secondary N) is 2. The van der Waals surface area contributed by atoms with Crippen molar-refractivity contribution in [2.75, 3.05) is 49.7 Å². The molecule has 0 aliphatic carbocycles. The molecule has 2 fully saturated rings. The van der Waals surface area contributed by atoms with Crippen LogP contribution >= 0.6 is 11.8 Å². The smallest absolute Gasteiger partial charge is 0.321 e. The van der Waals surface area contributed by atoms with Crippen LogP contribution in [0.3, 0.4) is 0 Å². The first kappa shape index (κ1) is 54.7. The number of benzene rings is 2. The number of carbonyl (C=O) groups excluding carboxylic acids is 7. The number of carboxylic acid groups (broad SMARTS) is 1. The number of nitrogens with two attached hydrogens (primary N) is 3. The molecule has 77 heavy (non-hydrogen) atoms. The van der Waals surface area contributed by atoms with Crippen molar-refractivity contribution in [3.05, 3.63) is 82.5 Å². The van der Waals surface area contributed by atoms with E-state index in [0.29, 0.717) is 66.2 Å². The number of methoxy groups -OCH3 is 1. The number of carbonyl (C=O) groups is 8. The number of ether oxygens (including phenoxy) is 2. The highest BCUT2D eigenvalue weighted by Crippen LogP contribution is 2.34. The van der Waals surface area contributed by atoms with Gasteiger partial charge in [-0.25, -0.2) is 9.97 Å². The summed E-state index contributed by atoms with van der Waals surface area (Å²) >= 11 is 1.01. The molecule has 27 heteroatoms. The molecule has 0 bridgehead atoms. The van der Waals surface area contributed by atoms with Gasteiger partial charge in [-0.05, 0) is 76.4 Å². The number of rotatable bonds is 24. The zero-order chi connectivity index (χ0) is 55.4. The molecule has 1 unspecified atom stereocenters. The highest BCUT2D eigenvalue weighted by molar-refractivity contribution is 8.00. The van der Waals surface area contributed by atoms with Crippen molar-refractivity contribution in [3.63, 3.8) is 0 Å². The Kier molecular flexibility index (Phi) is 16.4. The minimum Gasteiger partial charge on any atom is -0.494 e. The van der Waals surface area contributed by atoms with Gasteiger partial charge in [-0.3, -0.25) is 63.3 Å². The molecule has 2 saturated heterocycles. The van der Waals surface area contributed by atoms with Crippen LogP contribution in [0.25, 0.3) is 22.1 Å². The zero-order valence-corrected chi connectivity index (χ0v) is 43.8. The molecule has 6 aromatic rings. The normalized spacial score (nSPS) is 15.2. The number of carboxylic acids is 1. The van der Waals surface area contributed by atoms with Crippen LogP contribution in [0.15, 0.2) is 48.6 Å². The molecular formula is C50H59N15O11S. The highest BCUT2D eigenvalue weighted by Gasteiger charge is 2.40. The molecule has 9 N–H and O–H groups in total. The number of allylic oxidation sites excluding steroid dienone is 2. The number of hydrogen-bond donors (Lipinski definition) is 6. The molecule has 4 aromatic heterocycles. The molecule has 2 atom stereocenters. The largest absolute Gasteiger partial charge is 0.494 e. The van der Waals surface area contributed by atoms with Crippen LogP contribution in [0.1, 0.15) is 86.2 Å². The molecule has 26 nitrogen and oxygen atoms in total. The highest BCUT2D eigenvalue weighted by atomic mass is 32.2. The minimum absolute atomic E-state index is 0.0328. The fourth-order valence-electron chi connectivity index (χ4n) is 9.15. The molecule has 8 rings (SSSR count). The van der Waals surface area contributed by atoms with E-state index in [1.807, 2.05) is 13.8 Å². The summed E-state index contributed by atoms with van der Waals surface area (Å²) in [6.45, 7) is 9.15. The van der Waals surface area contributed by atoms with Crippen molar-refractivity contribution in [1.82, 2.24) is 48.5 Å². The van der Waals surface area contributed by atoms with E-state index >= 15 is 0 Å². The van der Waals surface area contributed by atoms with Crippen LogP contribution in [-0.4, -0.2) is 151 Å². The second kappa shape index (κ2) is 23.1. The Hall–Kier alpha value is -8.59. The number of aliphatic carboxylic acids is 1. The number of nitrogens with zero attached hydrogens (tertiary/aromatic N) is 10. The van der Waals surface area contributed by atoms with Crippen molar-refractivity contribution in [2.45, 2.75) is 84.4 Å². The van der Waals surface area contributed by atoms with E-state index in [1.165, 1.54) is 31.4 Å². The predicted molar refractivity (Wildman–Crippen MR) is 281 cm³/mol. The predicted octanol–water partition coefficient (Wildman–Crippen LogP) is 2.29. The van der Waals surface area contributed by atoms with Gasteiger partial charge in [-0.15, -0.1) is 11.8 Å². The van der Waals surface area contributed by atoms with E-state index in [4.69, 9.17) is 36.8 Å². The molecule has 6 heterocycles. The maximum atomic E-state index is 14.0. The van der Waals surface area contributed by atoms with Crippen molar-refractivity contribution < 1.29 is 52.9 Å². The average molecular weight is 1080 g/mol. The first-order valence-electron chi connectivity index (χ1n) is 24.7. The Labute approximate surface area is 444 Å². The minimum atomic E-state index is -1.21. The standard InChI is InChI=1S/C50H59N15O11S/c1-6-64-34(16-26(3)58-64)45(70)56-49-54-32-18-29(43(52)68)20-36(75-5)41(32)62(49)12-8-9-13-63-42-33(55-50(63)57-46(71)35-17-27(4)59-65(35)7-2)19-30(44(53)69)21-37(42)76-15-11-28-23-60(24-28)39(66)10-14-61-40(67)22-38(47(61)72)77-25-31(51)48(73)74/h8-9,16-21,28,31,38H,6-7,10-15,22-25,51H2,1-5H3,(H2,52,68)(H2,53,69)(H,73,74)(H,54,56,70)(H,55,57,71)/b9-8+/t31-,38?/m0/s1. The summed E-state index contributed by atoms with van der Waals surface area (Å²) in [5.41, 5.74) is 20.6. The molecule has 406 valence electrons. The first-order valence-corrected chi connectivity index (χ1v) is 25.8. The second-order valence-electron chi connectivity index (χ2n) is 18.5. The Bertz CT molecular complexity index is 3370. The lowest BCUT2D eigenvalue weighted by molar-refractivity contribution is -0.142. The maximum absolute atomic E-state index is 14.0. The lowest BCUT2D eigenvalue weighted by Crippen LogP contribution is -2.51. The van der Waals surface area contributed by atoms with E-state index in [9.17, 15) is 38.4 Å². The van der Waals surface area contributed by atoms with Gasteiger partial charge in [0.2, 0.25) is 41.4 Å². The van der Waals surface area contributed by atoms with Gasteiger partial charge in [0.1, 0.15) is 40.0 Å². The van der Waals surface area contributed by atoms with Crippen LogP contribution in [0, 0.1) is 19.8 Å². The zero-order valence-electron chi connectivity index (χ0n) is 43.0. The van der Waals surface area contributed by atoms with Crippen molar-refractivity contribution in [1.29, 1.82) is 0 Å². The summed E-state index contributed by atoms with van der Waals surface area (Å²) in [7, 11) is 1.43. The van der Waals surface area contributed by atoms with Gasteiger partial charge in [0.05, 0.1) is 41.4 Å². The number of aryl methyl sites for hydroxylation is 4. The topological polar surface area (TPSA) is 355 Å². The molecule has 0 saturated carbocycles. The third-order valence-corrected chi connectivity index (χ3v) is 14.4. The lowest BCUT2D eigenvalue weighted by Gasteiger charge is -2.39. The number of hydrogen-bond acceptors (Lipinski definition) is 16. The third kappa shape index (κ3) is 11.8. The monoisotopic (exact) mass is 1080 g/mol. The fourth-order valence-corrected chi connectivity index (χ4v) is 10.3. The van der Waals surface area contributed by atoms with Gasteiger partial charge in [0.25, 0.3) is 11.8 Å². The number of aromatic nitrogens is 8. The second-order valence-corrected chi connectivity index (χ2v) is 19.7. The third-order valence-electron chi connectivity index (χ3n) is 13.1. The van der Waals surface area contributed by atoms with Crippen LogP contribution in [0.4, 0.5) is 11.9 Å². The number of primary amides is 2. The summed E-state index contributed by atoms with van der Waals surface area (Å²) in [6.07, 6.45) is 3.92. The molecule has 0 radical (unpaired) electrons. The van der Waals surface area contributed by atoms with E-state index < -0.39 is 52.7 Å². The number of thioether (sulfide) groups is 1. The van der Waals surface area contributed by atoms with Crippen LogP contribution < -0.4 is 37.3 Å². The van der Waals surface area contributed by atoms with Crippen LogP contribution in [0.2, 0.25) is 0 Å². The van der Waals surface area contributed by atoms with Gasteiger partial charge in [0, 0.05) is 75.5 Å². The van der Waals surface area contributed by atoms with Gasteiger partial charge >= 0.3 is 5.97 Å². The van der Waals surface area contributed by atoms with Crippen molar-refractivity contribution >= 4 is 93.0 Å². The maximum Gasteiger partial charge on any atom is 0.321 e. The molecule has 0 spiro atoms. The van der Waals surface area contributed by atoms with E-state index in [0.717, 1.165) is 16.7 Å². The molecular weight excluding hydrogens is 1020 g/mol. The molecule has 2 aromatic carbocycles. The first-order chi connectivity index (χ1) is 36.8. The summed E-state index contributed by atoms with van der Waals surface area (Å²) in [6, 6.07) is 8.13. The Balaban J connectivity index is 1.02. The summed E-state index contributed by atoms with van der Waals surface area (Å²) in [5, 5.41) is 22.9. The van der Waals surface area contributed by atoms with Gasteiger partial charge < -0.3 is 45.8 Å². The fraction of sp³-hybridized carbons (Fsp3) is 0.400. The Morgan fingerprint density at radius 1 is 0.805 bits per heavy atom.